The largest absolute Gasteiger partial charge is 0.369 e. The van der Waals surface area contributed by atoms with Crippen LogP contribution in [0.4, 0.5) is 11.8 Å². The Bertz CT molecular complexity index is 659. The number of aromatic nitrogens is 5. The van der Waals surface area contributed by atoms with Crippen molar-refractivity contribution in [2.24, 2.45) is 0 Å². The number of nitrogens with one attached hydrogen (secondary N) is 2. The van der Waals surface area contributed by atoms with Crippen LogP contribution in [0, 0.1) is 0 Å². The third-order valence-electron chi connectivity index (χ3n) is 2.47. The fourth-order valence-corrected chi connectivity index (χ4v) is 1.67. The zero-order valence-corrected chi connectivity index (χ0v) is 9.42. The van der Waals surface area contributed by atoms with Gasteiger partial charge in [-0.2, -0.15) is 4.98 Å². The van der Waals surface area contributed by atoms with Crippen LogP contribution in [0.5, 0.6) is 0 Å². The highest BCUT2D eigenvalue weighted by molar-refractivity contribution is 5.86. The summed E-state index contributed by atoms with van der Waals surface area (Å²) in [7, 11) is 0. The van der Waals surface area contributed by atoms with Crippen molar-refractivity contribution >= 4 is 22.8 Å². The van der Waals surface area contributed by atoms with Gasteiger partial charge in [0.1, 0.15) is 17.8 Å². The first-order valence-corrected chi connectivity index (χ1v) is 5.43. The van der Waals surface area contributed by atoms with Crippen LogP contribution < -0.4 is 11.1 Å². The average molecular weight is 245 g/mol. The van der Waals surface area contributed by atoms with Gasteiger partial charge >= 0.3 is 0 Å². The minimum absolute atomic E-state index is 0.153. The first kappa shape index (κ1) is 10.5. The van der Waals surface area contributed by atoms with Crippen LogP contribution in [0.25, 0.3) is 11.0 Å². The summed E-state index contributed by atoms with van der Waals surface area (Å²) in [6.07, 6.45) is 3.91. The van der Waals surface area contributed by atoms with Gasteiger partial charge in [-0.25, -0.2) is 9.97 Å². The first-order valence-electron chi connectivity index (χ1n) is 5.43. The Morgan fingerprint density at radius 3 is 3.17 bits per heavy atom. The van der Waals surface area contributed by atoms with Gasteiger partial charge in [-0.15, -0.1) is 0 Å². The molecule has 0 aromatic carbocycles. The van der Waals surface area contributed by atoms with E-state index in [0.717, 1.165) is 16.9 Å². The summed E-state index contributed by atoms with van der Waals surface area (Å²) in [5.41, 5.74) is 6.16. The van der Waals surface area contributed by atoms with E-state index in [4.69, 9.17) is 10.3 Å². The average Bonchev–Trinajstić information content (AvgIpc) is 2.98. The Balaban J connectivity index is 1.68. The van der Waals surface area contributed by atoms with Crippen LogP contribution >= 0.6 is 0 Å². The number of anilines is 2. The molecule has 4 N–H and O–H groups in total. The number of rotatable bonds is 4. The highest BCUT2D eigenvalue weighted by Crippen LogP contribution is 2.17. The van der Waals surface area contributed by atoms with E-state index in [1.807, 2.05) is 12.3 Å². The molecule has 0 spiro atoms. The Morgan fingerprint density at radius 2 is 2.33 bits per heavy atom. The van der Waals surface area contributed by atoms with Gasteiger partial charge in [0.2, 0.25) is 5.89 Å². The van der Waals surface area contributed by atoms with E-state index < -0.39 is 0 Å². The molecule has 0 unspecified atom stereocenters. The number of nitrogens with zero attached hydrogens (tertiary/aromatic N) is 4. The minimum Gasteiger partial charge on any atom is -0.369 e. The lowest BCUT2D eigenvalue weighted by molar-refractivity contribution is 0.381. The first-order chi connectivity index (χ1) is 8.83. The topological polar surface area (TPSA) is 119 Å². The summed E-state index contributed by atoms with van der Waals surface area (Å²) < 4.78 is 4.91. The summed E-state index contributed by atoms with van der Waals surface area (Å²) in [6, 6.07) is 1.92. The molecule has 3 heterocycles. The van der Waals surface area contributed by atoms with E-state index in [-0.39, 0.29) is 5.95 Å². The van der Waals surface area contributed by atoms with Crippen LogP contribution in [0.2, 0.25) is 0 Å². The molecule has 0 saturated carbocycles. The van der Waals surface area contributed by atoms with Crippen LogP contribution in [-0.2, 0) is 6.42 Å². The maximum Gasteiger partial charge on any atom is 0.260 e. The summed E-state index contributed by atoms with van der Waals surface area (Å²) in [5, 5.41) is 7.66. The van der Waals surface area contributed by atoms with Crippen LogP contribution in [0.3, 0.4) is 0 Å². The number of hydrogen-bond acceptors (Lipinski definition) is 7. The van der Waals surface area contributed by atoms with Gasteiger partial charge in [-0.3, -0.25) is 0 Å². The molecule has 0 aliphatic heterocycles. The second kappa shape index (κ2) is 4.32. The molecule has 0 fully saturated rings. The molecule has 0 aliphatic rings. The molecular weight excluding hydrogens is 234 g/mol. The Hall–Kier alpha value is -2.64. The molecule has 8 nitrogen and oxygen atoms in total. The summed E-state index contributed by atoms with van der Waals surface area (Å²) in [4.78, 5) is 15.2. The summed E-state index contributed by atoms with van der Waals surface area (Å²) >= 11 is 0. The number of aromatic amines is 1. The molecule has 3 rings (SSSR count). The van der Waals surface area contributed by atoms with Crippen molar-refractivity contribution in [1.82, 2.24) is 25.1 Å². The van der Waals surface area contributed by atoms with Gasteiger partial charge in [0.15, 0.2) is 0 Å². The van der Waals surface area contributed by atoms with Crippen molar-refractivity contribution in [2.45, 2.75) is 6.42 Å². The zero-order chi connectivity index (χ0) is 12.4. The number of H-pyrrole nitrogens is 1. The van der Waals surface area contributed by atoms with E-state index in [1.54, 1.807) is 0 Å². The van der Waals surface area contributed by atoms with Gasteiger partial charge in [-0.05, 0) is 11.2 Å². The quantitative estimate of drug-likeness (QED) is 0.615. The SMILES string of the molecule is Nc1noc(CCNc2ncnc3[nH]ccc23)n1. The second-order valence-corrected chi connectivity index (χ2v) is 3.69. The van der Waals surface area contributed by atoms with Crippen molar-refractivity contribution in [3.63, 3.8) is 0 Å². The summed E-state index contributed by atoms with van der Waals surface area (Å²) in [6.45, 7) is 0.624. The van der Waals surface area contributed by atoms with E-state index >= 15 is 0 Å². The number of nitrogens with two attached hydrogens (primary N) is 1. The van der Waals surface area contributed by atoms with Crippen molar-refractivity contribution in [3.05, 3.63) is 24.5 Å². The van der Waals surface area contributed by atoms with Crippen molar-refractivity contribution in [3.8, 4) is 0 Å². The smallest absolute Gasteiger partial charge is 0.260 e. The third-order valence-corrected chi connectivity index (χ3v) is 2.47. The van der Waals surface area contributed by atoms with Crippen LogP contribution in [0.15, 0.2) is 23.1 Å². The molecule has 18 heavy (non-hydrogen) atoms. The maximum atomic E-state index is 5.36. The van der Waals surface area contributed by atoms with Crippen LogP contribution in [0.1, 0.15) is 5.89 Å². The standard InChI is InChI=1S/C10H11N7O/c11-10-16-7(18-17-10)2-4-13-9-6-1-3-12-8(6)14-5-15-9/h1,3,5H,2,4H2,(H2,11,17)(H2,12,13,14,15). The lowest BCUT2D eigenvalue weighted by Crippen LogP contribution is -2.07. The lowest BCUT2D eigenvalue weighted by atomic mass is 10.3. The molecule has 3 aromatic heterocycles. The molecule has 3 aromatic rings. The van der Waals surface area contributed by atoms with Crippen molar-refractivity contribution < 1.29 is 4.52 Å². The predicted molar refractivity (Wildman–Crippen MR) is 64.8 cm³/mol. The Morgan fingerprint density at radius 1 is 1.39 bits per heavy atom. The maximum absolute atomic E-state index is 5.36. The molecular formula is C10H11N7O. The monoisotopic (exact) mass is 245 g/mol. The zero-order valence-electron chi connectivity index (χ0n) is 9.42. The van der Waals surface area contributed by atoms with Crippen molar-refractivity contribution in [2.75, 3.05) is 17.6 Å². The molecule has 0 saturated heterocycles. The van der Waals surface area contributed by atoms with Gasteiger partial charge in [-0.1, -0.05) is 0 Å². The highest BCUT2D eigenvalue weighted by atomic mass is 16.5. The lowest BCUT2D eigenvalue weighted by Gasteiger charge is -2.03. The Kier molecular flexibility index (Phi) is 2.52. The Labute approximate surface area is 102 Å². The molecule has 8 heteroatoms. The normalized spacial score (nSPS) is 10.9. The molecule has 0 amide bonds. The molecule has 0 atom stereocenters. The molecule has 0 radical (unpaired) electrons. The fraction of sp³-hybridized carbons (Fsp3) is 0.200. The van der Waals surface area contributed by atoms with Gasteiger partial charge in [0.25, 0.3) is 5.95 Å². The molecule has 0 bridgehead atoms. The van der Waals surface area contributed by atoms with E-state index in [0.29, 0.717) is 18.9 Å². The van der Waals surface area contributed by atoms with E-state index in [2.05, 4.69) is 30.4 Å². The van der Waals surface area contributed by atoms with E-state index in [1.165, 1.54) is 6.33 Å². The van der Waals surface area contributed by atoms with E-state index in [9.17, 15) is 0 Å². The third kappa shape index (κ3) is 1.95. The van der Waals surface area contributed by atoms with Gasteiger partial charge in [0.05, 0.1) is 5.39 Å². The number of nitrogen functional groups attached to an aromatic ring is 1. The fourth-order valence-electron chi connectivity index (χ4n) is 1.67. The molecule has 0 aliphatic carbocycles. The summed E-state index contributed by atoms with van der Waals surface area (Å²) in [5.74, 6) is 1.42. The van der Waals surface area contributed by atoms with Crippen molar-refractivity contribution in [1.29, 1.82) is 0 Å². The number of fused-ring (bicyclic) bond motifs is 1. The second-order valence-electron chi connectivity index (χ2n) is 3.69. The molecule has 92 valence electrons. The highest BCUT2D eigenvalue weighted by Gasteiger charge is 2.05. The van der Waals surface area contributed by atoms with Crippen LogP contribution in [-0.4, -0.2) is 31.6 Å². The van der Waals surface area contributed by atoms with Gasteiger partial charge in [0, 0.05) is 19.2 Å². The number of hydrogen-bond donors (Lipinski definition) is 3. The predicted octanol–water partition coefficient (Wildman–Crippen LogP) is 0.578. The minimum atomic E-state index is 0.153. The van der Waals surface area contributed by atoms with Gasteiger partial charge < -0.3 is 20.6 Å².